The molecule has 246 valence electrons. The molecule has 45 heavy (non-hydrogen) atoms. The number of thiol groups is 1. The van der Waals surface area contributed by atoms with Crippen LogP contribution in [0.4, 0.5) is 5.69 Å². The van der Waals surface area contributed by atoms with Gasteiger partial charge in [0.2, 0.25) is 22.7 Å². The number of rotatable bonds is 9. The van der Waals surface area contributed by atoms with E-state index in [-0.39, 0.29) is 36.0 Å². The van der Waals surface area contributed by atoms with Gasteiger partial charge in [-0.2, -0.15) is 0 Å². The van der Waals surface area contributed by atoms with Crippen molar-refractivity contribution in [1.82, 2.24) is 9.21 Å². The third kappa shape index (κ3) is 8.09. The minimum absolute atomic E-state index is 0.0406. The van der Waals surface area contributed by atoms with E-state index in [0.29, 0.717) is 65.8 Å². The summed E-state index contributed by atoms with van der Waals surface area (Å²) >= 11 is 6.50. The van der Waals surface area contributed by atoms with E-state index < -0.39 is 29.0 Å². The molecule has 2 atom stereocenters. The number of amides is 3. The number of carbonyl (C=O) groups excluding carboxylic acids is 3. The number of fused-ring (bicyclic) bond motifs is 1. The van der Waals surface area contributed by atoms with Crippen molar-refractivity contribution in [3.8, 4) is 11.5 Å². The molecular formula is C32H42ClN3O8S. The van der Waals surface area contributed by atoms with Crippen molar-refractivity contribution in [3.05, 3.63) is 52.5 Å². The third-order valence-corrected chi connectivity index (χ3v) is 9.10. The van der Waals surface area contributed by atoms with Crippen molar-refractivity contribution < 1.29 is 37.0 Å². The molecule has 0 radical (unpaired) electrons. The molecule has 13 heteroatoms. The Kier molecular flexibility index (Phi) is 11.0. The van der Waals surface area contributed by atoms with Crippen LogP contribution in [0.25, 0.3) is 0 Å². The normalized spacial score (nSPS) is 19.2. The standard InChI is InChI=1S/C32H42ClN3O8S/c1-32(2,3)19-36-24-11-10-21(33)17-23(24)29(22-8-7-9-25(42-5)30(22)43-6)44-26(31(36)39)18-28(38)35-14-12-20(13-15-35)16-27(37)34(4)45(40)41/h7-11,17,20,26,29,45H,12-16,18-19H2,1-6H3/t26-,29-/m1/s1. The first kappa shape index (κ1) is 34.5. The van der Waals surface area contributed by atoms with Gasteiger partial charge in [-0.15, -0.1) is 0 Å². The Balaban J connectivity index is 1.64. The van der Waals surface area contributed by atoms with Crippen molar-refractivity contribution in [2.75, 3.05) is 45.8 Å². The van der Waals surface area contributed by atoms with E-state index in [0.717, 1.165) is 4.31 Å². The van der Waals surface area contributed by atoms with E-state index in [1.165, 1.54) is 14.2 Å². The monoisotopic (exact) mass is 663 g/mol. The highest BCUT2D eigenvalue weighted by Crippen LogP contribution is 2.45. The highest BCUT2D eigenvalue weighted by Gasteiger charge is 2.41. The molecule has 0 saturated carbocycles. The van der Waals surface area contributed by atoms with Crippen LogP contribution < -0.4 is 14.4 Å². The van der Waals surface area contributed by atoms with Crippen LogP contribution in [-0.2, 0) is 30.0 Å². The molecule has 2 aromatic rings. The van der Waals surface area contributed by atoms with E-state index in [2.05, 4.69) is 0 Å². The van der Waals surface area contributed by atoms with Gasteiger partial charge in [0.15, 0.2) is 11.5 Å². The molecule has 0 N–H and O–H groups in total. The minimum Gasteiger partial charge on any atom is -0.493 e. The molecule has 4 rings (SSSR count). The number of likely N-dealkylation sites (tertiary alicyclic amines) is 1. The summed E-state index contributed by atoms with van der Waals surface area (Å²) in [6, 6.07) is 10.7. The second kappa shape index (κ2) is 14.4. The van der Waals surface area contributed by atoms with Crippen molar-refractivity contribution in [3.63, 3.8) is 0 Å². The van der Waals surface area contributed by atoms with Gasteiger partial charge in [0, 0.05) is 54.9 Å². The summed E-state index contributed by atoms with van der Waals surface area (Å²) in [6.45, 7) is 7.25. The smallest absolute Gasteiger partial charge is 0.256 e. The predicted octanol–water partition coefficient (Wildman–Crippen LogP) is 4.23. The second-order valence-corrected chi connectivity index (χ2v) is 14.2. The zero-order chi connectivity index (χ0) is 33.1. The average Bonchev–Trinajstić information content (AvgIpc) is 3.09. The van der Waals surface area contributed by atoms with E-state index in [4.69, 9.17) is 25.8 Å². The maximum atomic E-state index is 14.3. The Morgan fingerprint density at radius 3 is 2.33 bits per heavy atom. The lowest BCUT2D eigenvalue weighted by molar-refractivity contribution is -0.144. The quantitative estimate of drug-likeness (QED) is 0.396. The number of hydrogen-bond donors (Lipinski definition) is 1. The van der Waals surface area contributed by atoms with Gasteiger partial charge in [0.05, 0.1) is 20.6 Å². The summed E-state index contributed by atoms with van der Waals surface area (Å²) in [5.41, 5.74) is 1.65. The Morgan fingerprint density at radius 2 is 1.73 bits per heavy atom. The molecule has 0 aliphatic carbocycles. The van der Waals surface area contributed by atoms with Crippen LogP contribution in [0.3, 0.4) is 0 Å². The highest BCUT2D eigenvalue weighted by molar-refractivity contribution is 7.70. The van der Waals surface area contributed by atoms with Crippen LogP contribution in [0.2, 0.25) is 5.02 Å². The van der Waals surface area contributed by atoms with Gasteiger partial charge in [0.1, 0.15) is 12.2 Å². The summed E-state index contributed by atoms with van der Waals surface area (Å²) < 4.78 is 41.0. The number of benzene rings is 2. The lowest BCUT2D eigenvalue weighted by Crippen LogP contribution is -2.47. The third-order valence-electron chi connectivity index (χ3n) is 8.15. The summed E-state index contributed by atoms with van der Waals surface area (Å²) in [5, 5.41) is 0.469. The molecule has 2 aliphatic rings. The lowest BCUT2D eigenvalue weighted by Gasteiger charge is -2.34. The number of carbonyl (C=O) groups is 3. The molecule has 3 amide bonds. The molecule has 11 nitrogen and oxygen atoms in total. The molecule has 2 heterocycles. The first-order valence-electron chi connectivity index (χ1n) is 14.9. The topological polar surface area (TPSA) is 123 Å². The summed E-state index contributed by atoms with van der Waals surface area (Å²) in [7, 11) is 1.33. The molecule has 0 spiro atoms. The number of ether oxygens (including phenoxy) is 3. The first-order valence-corrected chi connectivity index (χ1v) is 16.4. The van der Waals surface area contributed by atoms with Crippen LogP contribution >= 0.6 is 11.6 Å². The van der Waals surface area contributed by atoms with Crippen LogP contribution in [0.15, 0.2) is 36.4 Å². The molecule has 2 aliphatic heterocycles. The molecule has 0 unspecified atom stereocenters. The number of halogens is 1. The number of nitrogens with zero attached hydrogens (tertiary/aromatic N) is 3. The fourth-order valence-electron chi connectivity index (χ4n) is 5.85. The number of anilines is 1. The minimum atomic E-state index is -2.98. The molecule has 0 aromatic heterocycles. The molecule has 1 fully saturated rings. The molecular weight excluding hydrogens is 622 g/mol. The van der Waals surface area contributed by atoms with Gasteiger partial charge >= 0.3 is 0 Å². The number of methoxy groups -OCH3 is 2. The fraction of sp³-hybridized carbons (Fsp3) is 0.531. The summed E-state index contributed by atoms with van der Waals surface area (Å²) in [4.78, 5) is 43.6. The van der Waals surface area contributed by atoms with Gasteiger partial charge in [0.25, 0.3) is 5.91 Å². The van der Waals surface area contributed by atoms with Crippen LogP contribution in [0.5, 0.6) is 11.5 Å². The maximum absolute atomic E-state index is 14.3. The van der Waals surface area contributed by atoms with Crippen LogP contribution in [0.1, 0.15) is 63.7 Å². The number of para-hydroxylation sites is 1. The first-order chi connectivity index (χ1) is 21.2. The Labute approximate surface area is 271 Å². The highest BCUT2D eigenvalue weighted by atomic mass is 35.5. The molecule has 2 aromatic carbocycles. The fourth-order valence-corrected chi connectivity index (χ4v) is 6.29. The average molecular weight is 664 g/mol. The van der Waals surface area contributed by atoms with Crippen molar-refractivity contribution in [1.29, 1.82) is 0 Å². The van der Waals surface area contributed by atoms with Crippen molar-refractivity contribution in [2.45, 2.75) is 58.7 Å². The summed E-state index contributed by atoms with van der Waals surface area (Å²) in [5.74, 6) is -0.143. The van der Waals surface area contributed by atoms with Gasteiger partial charge in [-0.25, -0.2) is 12.7 Å². The molecule has 1 saturated heterocycles. The molecule has 0 bridgehead atoms. The maximum Gasteiger partial charge on any atom is 0.256 e. The zero-order valence-electron chi connectivity index (χ0n) is 26.6. The largest absolute Gasteiger partial charge is 0.493 e. The van der Waals surface area contributed by atoms with Gasteiger partial charge in [-0.3, -0.25) is 14.4 Å². The van der Waals surface area contributed by atoms with E-state index in [1.807, 2.05) is 32.9 Å². The SMILES string of the molecule is COc1cccc([C@H]2O[C@H](CC(=O)N3CCC(CC(=O)N(C)[SH](=O)=O)CC3)C(=O)N(CC(C)(C)C)c3ccc(Cl)cc32)c1OC. The Morgan fingerprint density at radius 1 is 1.04 bits per heavy atom. The van der Waals surface area contributed by atoms with Crippen LogP contribution in [0, 0.1) is 11.3 Å². The number of piperidine rings is 1. The zero-order valence-corrected chi connectivity index (χ0v) is 28.2. The second-order valence-electron chi connectivity index (χ2n) is 12.7. The van der Waals surface area contributed by atoms with E-state index in [9.17, 15) is 22.8 Å². The van der Waals surface area contributed by atoms with E-state index in [1.54, 1.807) is 41.2 Å². The van der Waals surface area contributed by atoms with Gasteiger partial charge in [-0.05, 0) is 48.4 Å². The van der Waals surface area contributed by atoms with Gasteiger partial charge < -0.3 is 24.0 Å². The van der Waals surface area contributed by atoms with Crippen LogP contribution in [-0.4, -0.2) is 82.3 Å². The van der Waals surface area contributed by atoms with Crippen molar-refractivity contribution >= 4 is 45.9 Å². The number of hydrogen-bond acceptors (Lipinski definition) is 8. The summed E-state index contributed by atoms with van der Waals surface area (Å²) in [6.07, 6.45) is -0.926. The Hall–Kier alpha value is -3.35. The lowest BCUT2D eigenvalue weighted by atomic mass is 9.93. The van der Waals surface area contributed by atoms with Crippen molar-refractivity contribution in [2.24, 2.45) is 11.3 Å². The predicted molar refractivity (Wildman–Crippen MR) is 171 cm³/mol. The van der Waals surface area contributed by atoms with E-state index >= 15 is 0 Å². The Bertz CT molecular complexity index is 1490. The van der Waals surface area contributed by atoms with Gasteiger partial charge in [-0.1, -0.05) is 44.5 Å².